The predicted molar refractivity (Wildman–Crippen MR) is 117 cm³/mol. The minimum Gasteiger partial charge on any atom is -0.352 e. The topological polar surface area (TPSA) is 69.7 Å². The van der Waals surface area contributed by atoms with Crippen LogP contribution in [-0.4, -0.2) is 60.2 Å². The molecule has 3 rings (SSSR count). The molecular weight excluding hydrogens is 444 g/mol. The first-order valence-electron chi connectivity index (χ1n) is 9.91. The van der Waals surface area contributed by atoms with E-state index in [4.69, 9.17) is 23.2 Å². The molecule has 0 atom stereocenters. The van der Waals surface area contributed by atoms with Crippen LogP contribution in [0, 0.1) is 5.82 Å². The molecule has 0 saturated carbocycles. The van der Waals surface area contributed by atoms with Crippen LogP contribution >= 0.6 is 23.2 Å². The second kappa shape index (κ2) is 10.6. The van der Waals surface area contributed by atoms with E-state index in [9.17, 15) is 18.8 Å². The molecule has 1 heterocycles. The number of amides is 3. The van der Waals surface area contributed by atoms with Gasteiger partial charge in [-0.2, -0.15) is 0 Å². The number of piperazine rings is 1. The van der Waals surface area contributed by atoms with E-state index in [1.54, 1.807) is 29.2 Å². The second-order valence-corrected chi connectivity index (χ2v) is 8.04. The molecule has 1 N–H and O–H groups in total. The van der Waals surface area contributed by atoms with E-state index in [0.717, 1.165) is 0 Å². The highest BCUT2D eigenvalue weighted by Gasteiger charge is 2.26. The van der Waals surface area contributed by atoms with Gasteiger partial charge in [0.25, 0.3) is 11.8 Å². The maximum atomic E-state index is 13.9. The Hall–Kier alpha value is -2.64. The number of nitrogens with one attached hydrogen (secondary N) is 1. The summed E-state index contributed by atoms with van der Waals surface area (Å²) in [5.41, 5.74) is 0.441. The third-order valence-electron chi connectivity index (χ3n) is 5.04. The molecular formula is C22H22Cl2FN3O3. The Morgan fingerprint density at radius 1 is 0.903 bits per heavy atom. The lowest BCUT2D eigenvalue weighted by molar-refractivity contribution is -0.132. The molecule has 6 nitrogen and oxygen atoms in total. The van der Waals surface area contributed by atoms with Gasteiger partial charge in [0.05, 0.1) is 5.56 Å². The largest absolute Gasteiger partial charge is 0.352 e. The van der Waals surface area contributed by atoms with Gasteiger partial charge in [0.1, 0.15) is 5.82 Å². The van der Waals surface area contributed by atoms with Crippen LogP contribution < -0.4 is 5.32 Å². The molecule has 1 fully saturated rings. The Morgan fingerprint density at radius 3 is 2.19 bits per heavy atom. The number of hydrogen-bond donors (Lipinski definition) is 1. The second-order valence-electron chi connectivity index (χ2n) is 7.16. The van der Waals surface area contributed by atoms with Crippen molar-refractivity contribution < 1.29 is 18.8 Å². The van der Waals surface area contributed by atoms with Crippen LogP contribution in [0.25, 0.3) is 0 Å². The molecule has 1 aliphatic rings. The summed E-state index contributed by atoms with van der Waals surface area (Å²) >= 11 is 11.7. The fourth-order valence-electron chi connectivity index (χ4n) is 3.29. The standard InChI is InChI=1S/C22H22Cl2FN3O3/c23-16-5-3-15(4-6-16)21(30)26-9-1-2-20(29)27-10-12-28(13-11-27)22(31)18-14-17(24)7-8-19(18)25/h3-8,14H,1-2,9-13H2,(H,26,30). The average Bonchev–Trinajstić information content (AvgIpc) is 2.78. The minimum atomic E-state index is -0.617. The number of carbonyl (C=O) groups is 3. The van der Waals surface area contributed by atoms with Crippen molar-refractivity contribution in [2.45, 2.75) is 12.8 Å². The lowest BCUT2D eigenvalue weighted by Crippen LogP contribution is -2.50. The van der Waals surface area contributed by atoms with Crippen LogP contribution in [0.15, 0.2) is 42.5 Å². The molecule has 0 aliphatic carbocycles. The molecule has 0 radical (unpaired) electrons. The van der Waals surface area contributed by atoms with Crippen molar-refractivity contribution in [2.24, 2.45) is 0 Å². The molecule has 9 heteroatoms. The first-order chi connectivity index (χ1) is 14.8. The summed E-state index contributed by atoms with van der Waals surface area (Å²) in [6, 6.07) is 10.4. The van der Waals surface area contributed by atoms with Crippen molar-refractivity contribution in [2.75, 3.05) is 32.7 Å². The van der Waals surface area contributed by atoms with Crippen molar-refractivity contribution in [3.63, 3.8) is 0 Å². The summed E-state index contributed by atoms with van der Waals surface area (Å²) in [5, 5.41) is 3.63. The van der Waals surface area contributed by atoms with Gasteiger partial charge in [-0.15, -0.1) is 0 Å². The average molecular weight is 466 g/mol. The normalized spacial score (nSPS) is 13.8. The number of rotatable bonds is 6. The molecule has 0 aromatic heterocycles. The van der Waals surface area contributed by atoms with Crippen molar-refractivity contribution in [1.82, 2.24) is 15.1 Å². The Kier molecular flexibility index (Phi) is 7.87. The summed E-state index contributed by atoms with van der Waals surface area (Å²) in [5.74, 6) is -1.31. The summed E-state index contributed by atoms with van der Waals surface area (Å²) in [6.07, 6.45) is 0.794. The summed E-state index contributed by atoms with van der Waals surface area (Å²) in [7, 11) is 0. The summed E-state index contributed by atoms with van der Waals surface area (Å²) in [6.45, 7) is 1.78. The Morgan fingerprint density at radius 2 is 1.52 bits per heavy atom. The van der Waals surface area contributed by atoms with E-state index in [0.29, 0.717) is 54.8 Å². The molecule has 0 spiro atoms. The number of carbonyl (C=O) groups excluding carboxylic acids is 3. The molecule has 2 aromatic rings. The first kappa shape index (κ1) is 23.0. The number of benzene rings is 2. The monoisotopic (exact) mass is 465 g/mol. The minimum absolute atomic E-state index is 0.0400. The fraction of sp³-hybridized carbons (Fsp3) is 0.318. The predicted octanol–water partition coefficient (Wildman–Crippen LogP) is 3.63. The third-order valence-corrected chi connectivity index (χ3v) is 5.52. The van der Waals surface area contributed by atoms with Crippen LogP contribution in [0.4, 0.5) is 4.39 Å². The molecule has 164 valence electrons. The zero-order valence-corrected chi connectivity index (χ0v) is 18.3. The van der Waals surface area contributed by atoms with Crippen molar-refractivity contribution in [1.29, 1.82) is 0 Å². The molecule has 3 amide bonds. The van der Waals surface area contributed by atoms with Crippen LogP contribution in [-0.2, 0) is 4.79 Å². The fourth-order valence-corrected chi connectivity index (χ4v) is 3.59. The van der Waals surface area contributed by atoms with E-state index < -0.39 is 11.7 Å². The third kappa shape index (κ3) is 6.18. The lowest BCUT2D eigenvalue weighted by Gasteiger charge is -2.35. The SMILES string of the molecule is O=C(NCCCC(=O)N1CCN(C(=O)c2cc(Cl)ccc2F)CC1)c1ccc(Cl)cc1. The molecule has 31 heavy (non-hydrogen) atoms. The highest BCUT2D eigenvalue weighted by Crippen LogP contribution is 2.18. The van der Waals surface area contributed by atoms with Crippen molar-refractivity contribution in [3.05, 3.63) is 69.5 Å². The number of nitrogens with zero attached hydrogens (tertiary/aromatic N) is 2. The highest BCUT2D eigenvalue weighted by molar-refractivity contribution is 6.31. The van der Waals surface area contributed by atoms with Gasteiger partial charge in [0, 0.05) is 54.8 Å². The smallest absolute Gasteiger partial charge is 0.257 e. The van der Waals surface area contributed by atoms with Gasteiger partial charge in [-0.3, -0.25) is 14.4 Å². The summed E-state index contributed by atoms with van der Waals surface area (Å²) in [4.78, 5) is 40.2. The molecule has 0 unspecified atom stereocenters. The van der Waals surface area contributed by atoms with Gasteiger partial charge < -0.3 is 15.1 Å². The highest BCUT2D eigenvalue weighted by atomic mass is 35.5. The van der Waals surface area contributed by atoms with E-state index in [1.165, 1.54) is 23.1 Å². The van der Waals surface area contributed by atoms with Crippen molar-refractivity contribution in [3.8, 4) is 0 Å². The van der Waals surface area contributed by atoms with Gasteiger partial charge >= 0.3 is 0 Å². The van der Waals surface area contributed by atoms with Crippen LogP contribution in [0.1, 0.15) is 33.6 Å². The van der Waals surface area contributed by atoms with Crippen LogP contribution in [0.5, 0.6) is 0 Å². The van der Waals surface area contributed by atoms with Gasteiger partial charge in [-0.1, -0.05) is 23.2 Å². The zero-order valence-electron chi connectivity index (χ0n) is 16.7. The maximum Gasteiger partial charge on any atom is 0.257 e. The first-order valence-corrected chi connectivity index (χ1v) is 10.7. The quantitative estimate of drug-likeness (QED) is 0.662. The van der Waals surface area contributed by atoms with Gasteiger partial charge in [-0.25, -0.2) is 4.39 Å². The maximum absolute atomic E-state index is 13.9. The van der Waals surface area contributed by atoms with Crippen LogP contribution in [0.2, 0.25) is 10.0 Å². The molecule has 1 saturated heterocycles. The van der Waals surface area contributed by atoms with E-state index in [2.05, 4.69) is 5.32 Å². The van der Waals surface area contributed by atoms with Gasteiger partial charge in [0.2, 0.25) is 5.91 Å². The van der Waals surface area contributed by atoms with E-state index in [1.807, 2.05) is 0 Å². The molecule has 1 aliphatic heterocycles. The Bertz CT molecular complexity index is 961. The lowest BCUT2D eigenvalue weighted by atomic mass is 10.1. The Balaban J connectivity index is 1.40. The molecule has 2 aromatic carbocycles. The van der Waals surface area contributed by atoms with Crippen molar-refractivity contribution >= 4 is 40.9 Å². The molecule has 0 bridgehead atoms. The van der Waals surface area contributed by atoms with Gasteiger partial charge in [0.15, 0.2) is 0 Å². The van der Waals surface area contributed by atoms with E-state index >= 15 is 0 Å². The number of halogens is 3. The zero-order chi connectivity index (χ0) is 22.4. The van der Waals surface area contributed by atoms with Crippen LogP contribution in [0.3, 0.4) is 0 Å². The number of hydrogen-bond acceptors (Lipinski definition) is 3. The van der Waals surface area contributed by atoms with Gasteiger partial charge in [-0.05, 0) is 48.9 Å². The van der Waals surface area contributed by atoms with E-state index in [-0.39, 0.29) is 23.8 Å². The Labute approximate surface area is 189 Å². The summed E-state index contributed by atoms with van der Waals surface area (Å²) < 4.78 is 13.9.